The van der Waals surface area contributed by atoms with E-state index < -0.39 is 26.7 Å². The van der Waals surface area contributed by atoms with Gasteiger partial charge in [-0.15, -0.1) is 10.9 Å². The van der Waals surface area contributed by atoms with E-state index >= 15 is 0 Å². The number of nitrogens with two attached hydrogens (primary N) is 1. The Hall–Kier alpha value is -0.186. The van der Waals surface area contributed by atoms with Crippen molar-refractivity contribution in [3.8, 4) is 0 Å². The zero-order valence-corrected chi connectivity index (χ0v) is 19.6. The molecule has 1 fully saturated rings. The van der Waals surface area contributed by atoms with Crippen molar-refractivity contribution in [3.05, 3.63) is 10.6 Å². The molecule has 1 aromatic carbocycles. The molecule has 0 amide bonds. The molecule has 130 valence electrons. The third kappa shape index (κ3) is 2.42. The van der Waals surface area contributed by atoms with Gasteiger partial charge in [-0.05, 0) is 5.56 Å². The smallest absolute Gasteiger partial charge is 0.177 e. The summed E-state index contributed by atoms with van der Waals surface area (Å²) in [5, 5.41) is 10.2. The van der Waals surface area contributed by atoms with Crippen LogP contribution in [0.2, 0.25) is 20.7 Å². The average molecular weight is 370 g/mol. The summed E-state index contributed by atoms with van der Waals surface area (Å²) in [5.41, 5.74) is 8.77. The van der Waals surface area contributed by atoms with E-state index in [9.17, 15) is 9.90 Å². The average Bonchev–Trinajstić information content (AvgIpc) is 2.55. The molecule has 0 aromatic heterocycles. The van der Waals surface area contributed by atoms with Crippen LogP contribution in [0.25, 0.3) is 0 Å². The molecule has 2 unspecified atom stereocenters. The number of Topliss-reactive ketones (excluding diaryl/α,β-unsaturated/α-hetero) is 1. The molecule has 2 rings (SSSR count). The van der Waals surface area contributed by atoms with Gasteiger partial charge in [0.15, 0.2) is 13.6 Å². The molecule has 1 aliphatic carbocycles. The molecule has 0 bridgehead atoms. The maximum absolute atomic E-state index is 13.9. The highest BCUT2D eigenvalue weighted by atomic mass is 35.5. The number of hydrogen-bond donors (Lipinski definition) is 2. The highest BCUT2D eigenvalue weighted by molar-refractivity contribution is 6.69. The zero-order chi connectivity index (χ0) is 21.5. The summed E-state index contributed by atoms with van der Waals surface area (Å²) in [6, 6.07) is 0. The van der Waals surface area contributed by atoms with Crippen LogP contribution in [0.15, 0.2) is 0 Å². The van der Waals surface area contributed by atoms with E-state index in [2.05, 4.69) is 15.7 Å². The van der Waals surface area contributed by atoms with Crippen molar-refractivity contribution in [2.24, 2.45) is 5.73 Å². The Morgan fingerprint density at radius 2 is 1.15 bits per heavy atom. The summed E-state index contributed by atoms with van der Waals surface area (Å²) in [4.78, 5) is 13.9. The lowest BCUT2D eigenvalue weighted by Crippen LogP contribution is -2.77. The Labute approximate surface area is 178 Å². The van der Waals surface area contributed by atoms with E-state index in [0.717, 1.165) is 21.9 Å². The lowest BCUT2D eigenvalue weighted by molar-refractivity contribution is -0.142. The lowest BCUT2D eigenvalue weighted by atomic mass is 9.08. The van der Waals surface area contributed by atoms with Crippen LogP contribution in [0.4, 0.5) is 0 Å². The maximum Gasteiger partial charge on any atom is 0.177 e. The first-order valence-corrected chi connectivity index (χ1v) is 10.0. The van der Waals surface area contributed by atoms with Crippen LogP contribution < -0.4 is 27.6 Å². The first kappa shape index (κ1) is 23.1. The minimum Gasteiger partial charge on any atom is -0.392 e. The summed E-state index contributed by atoms with van der Waals surface area (Å²) in [7, 11) is 21.8. The number of halogens is 1. The zero-order valence-electron chi connectivity index (χ0n) is 18.8. The minimum absolute atomic E-state index is 0.364. The number of carbonyl (C=O) groups excluding carboxylic acids is 1. The largest absolute Gasteiger partial charge is 0.392 e. The summed E-state index contributed by atoms with van der Waals surface area (Å²) in [6.07, 6.45) is 0. The topological polar surface area (TPSA) is 63.3 Å². The van der Waals surface area contributed by atoms with E-state index in [-0.39, 0.29) is 5.78 Å². The van der Waals surface area contributed by atoms with E-state index in [1.54, 1.807) is 7.85 Å². The van der Waals surface area contributed by atoms with Crippen molar-refractivity contribution in [2.45, 2.75) is 26.7 Å². The second-order valence-corrected chi connectivity index (χ2v) is 10.7. The Morgan fingerprint density at radius 1 is 0.741 bits per heavy atom. The van der Waals surface area contributed by atoms with Gasteiger partial charge in [-0.3, -0.25) is 4.79 Å². The second-order valence-electron chi connectivity index (χ2n) is 10.3. The van der Waals surface area contributed by atoms with Crippen molar-refractivity contribution in [3.63, 3.8) is 0 Å². The van der Waals surface area contributed by atoms with Gasteiger partial charge in [0, 0.05) is 5.02 Å². The predicted molar refractivity (Wildman–Crippen MR) is 148 cm³/mol. The number of rotatable bonds is 1. The Balaban J connectivity index is 3.06. The Morgan fingerprint density at radius 3 is 1.59 bits per heavy atom. The predicted octanol–water partition coefficient (Wildman–Crippen LogP) is -12.4. The van der Waals surface area contributed by atoms with E-state index in [0.29, 0.717) is 10.6 Å². The molecule has 1 saturated carbocycles. The normalized spacial score (nSPS) is 31.4. The Bertz CT molecular complexity index is 827. The number of ketones is 1. The van der Waals surface area contributed by atoms with Crippen molar-refractivity contribution in [1.29, 1.82) is 0 Å². The van der Waals surface area contributed by atoms with Crippen LogP contribution in [0.1, 0.15) is 5.56 Å². The van der Waals surface area contributed by atoms with Gasteiger partial charge < -0.3 is 10.8 Å². The fourth-order valence-electron chi connectivity index (χ4n) is 5.00. The first-order valence-electron chi connectivity index (χ1n) is 9.66. The number of benzene rings is 1. The van der Waals surface area contributed by atoms with Gasteiger partial charge in [-0.25, -0.2) is 0 Å². The van der Waals surface area contributed by atoms with Crippen LogP contribution in [0.5, 0.6) is 0 Å². The molecule has 0 spiro atoms. The third-order valence-electron chi connectivity index (χ3n) is 9.13. The van der Waals surface area contributed by atoms with Crippen molar-refractivity contribution >= 4 is 126 Å². The fourth-order valence-corrected chi connectivity index (χ4v) is 5.43. The molecule has 3 N–H and O–H groups in total. The quantitative estimate of drug-likeness (QED) is 0.483. The molecular weight excluding hydrogens is 345 g/mol. The maximum atomic E-state index is 13.9. The van der Waals surface area contributed by atoms with Crippen molar-refractivity contribution < 1.29 is 9.90 Å². The molecule has 27 heavy (non-hydrogen) atoms. The minimum atomic E-state index is -1.59. The summed E-state index contributed by atoms with van der Waals surface area (Å²) in [6.45, 7) is 0. The molecular formula is C12H25B11ClNO2. The van der Waals surface area contributed by atoms with Crippen LogP contribution in [0.3, 0.4) is 0 Å². The van der Waals surface area contributed by atoms with E-state index in [1.807, 2.05) is 62.8 Å². The summed E-state index contributed by atoms with van der Waals surface area (Å²) < 4.78 is 0. The molecule has 1 aliphatic rings. The standard InChI is InChI=1S/C12H25B11ClNO2/c13-2-1(6(24)5(16)4(15)3(2)14)8(25)7(26)9(17,27)11(20,21)12(22,23)10(8,18)19/h27H,13-23,25H2. The summed E-state index contributed by atoms with van der Waals surface area (Å²) >= 11 is 6.83. The van der Waals surface area contributed by atoms with Gasteiger partial charge in [-0.2, -0.15) is 0 Å². The van der Waals surface area contributed by atoms with Gasteiger partial charge >= 0.3 is 0 Å². The van der Waals surface area contributed by atoms with Crippen LogP contribution in [-0.2, 0) is 10.3 Å². The molecule has 0 radical (unpaired) electrons. The second kappa shape index (κ2) is 6.16. The lowest BCUT2D eigenvalue weighted by Gasteiger charge is -2.69. The van der Waals surface area contributed by atoms with Crippen LogP contribution >= 0.6 is 11.6 Å². The Kier molecular flexibility index (Phi) is 5.27. The van der Waals surface area contributed by atoms with Gasteiger partial charge in [-0.1, -0.05) is 38.2 Å². The van der Waals surface area contributed by atoms with Crippen LogP contribution in [0, 0.1) is 0 Å². The van der Waals surface area contributed by atoms with Gasteiger partial charge in [0.1, 0.15) is 62.8 Å². The monoisotopic (exact) mass is 371 g/mol. The highest BCUT2D eigenvalue weighted by Crippen LogP contribution is 2.70. The molecule has 0 aliphatic heterocycles. The third-order valence-corrected chi connectivity index (χ3v) is 9.61. The van der Waals surface area contributed by atoms with Gasteiger partial charge in [0.25, 0.3) is 0 Å². The van der Waals surface area contributed by atoms with E-state index in [1.165, 1.54) is 0 Å². The molecule has 0 heterocycles. The number of hydrogen-bond acceptors (Lipinski definition) is 3. The van der Waals surface area contributed by atoms with E-state index in [4.69, 9.17) is 17.3 Å². The molecule has 0 saturated heterocycles. The molecule has 15 heteroatoms. The molecule has 3 nitrogen and oxygen atoms in total. The van der Waals surface area contributed by atoms with Crippen LogP contribution in [-0.4, -0.2) is 103 Å². The van der Waals surface area contributed by atoms with Crippen molar-refractivity contribution in [2.75, 3.05) is 0 Å². The number of aliphatic hydroxyl groups is 1. The fraction of sp³-hybridized carbons (Fsp3) is 0.417. The number of carbonyl (C=O) groups is 1. The first-order chi connectivity index (χ1) is 11.8. The SMILES string of the molecule is Bc1c(B)c(B)c(C2(N)C(=O)C(B)(O)C(B)(B)C(B)(B)C2(B)B)c(Cl)c1B. The molecule has 2 atom stereocenters. The van der Waals surface area contributed by atoms with Gasteiger partial charge in [0.2, 0.25) is 0 Å². The highest BCUT2D eigenvalue weighted by Gasteiger charge is 2.71. The molecule has 1 aromatic rings. The van der Waals surface area contributed by atoms with Crippen molar-refractivity contribution in [1.82, 2.24) is 0 Å². The summed E-state index contributed by atoms with van der Waals surface area (Å²) in [5.74, 6) is -0.364. The van der Waals surface area contributed by atoms with Gasteiger partial charge in [0.05, 0.1) is 26.7 Å².